The highest BCUT2D eigenvalue weighted by molar-refractivity contribution is 6.03. The summed E-state index contributed by atoms with van der Waals surface area (Å²) in [4.78, 5) is 37.3. The van der Waals surface area contributed by atoms with Crippen molar-refractivity contribution < 1.29 is 23.9 Å². The topological polar surface area (TPSA) is 81.7 Å². The molecule has 0 bridgehead atoms. The highest BCUT2D eigenvalue weighted by atomic mass is 16.5. The standard InChI is InChI=1S/C22H25NO5/c1-4-12-28-22(26)18-13(2)23-16-6-5-7-17(24)20(16)19(18)14-8-10-15(11-9-14)21(25)27-3/h8-11,19,23H,4-7,12H2,1-3H3/t19-/m1/s1. The number of Topliss-reactive ketones (excluding diaryl/α,β-unsaturated/α-hetero) is 1. The van der Waals surface area contributed by atoms with Crippen molar-refractivity contribution in [1.29, 1.82) is 0 Å². The fourth-order valence-corrected chi connectivity index (χ4v) is 3.79. The molecule has 0 radical (unpaired) electrons. The molecule has 28 heavy (non-hydrogen) atoms. The van der Waals surface area contributed by atoms with Gasteiger partial charge in [-0.3, -0.25) is 4.79 Å². The normalized spacial score (nSPS) is 19.1. The highest BCUT2D eigenvalue weighted by Gasteiger charge is 2.39. The molecule has 1 aromatic rings. The van der Waals surface area contributed by atoms with Gasteiger partial charge in [0, 0.05) is 29.3 Å². The van der Waals surface area contributed by atoms with Gasteiger partial charge in [0.15, 0.2) is 5.78 Å². The van der Waals surface area contributed by atoms with Gasteiger partial charge in [-0.2, -0.15) is 0 Å². The number of hydrogen-bond donors (Lipinski definition) is 1. The molecule has 1 heterocycles. The number of ketones is 1. The number of benzene rings is 1. The van der Waals surface area contributed by atoms with E-state index >= 15 is 0 Å². The summed E-state index contributed by atoms with van der Waals surface area (Å²) in [6.45, 7) is 4.09. The van der Waals surface area contributed by atoms with Crippen molar-refractivity contribution in [2.45, 2.75) is 45.4 Å². The van der Waals surface area contributed by atoms with Crippen LogP contribution in [0.25, 0.3) is 0 Å². The molecule has 148 valence electrons. The second-order valence-corrected chi connectivity index (χ2v) is 7.02. The predicted molar refractivity (Wildman–Crippen MR) is 103 cm³/mol. The van der Waals surface area contributed by atoms with Gasteiger partial charge >= 0.3 is 11.9 Å². The average Bonchev–Trinajstić information content (AvgIpc) is 2.70. The van der Waals surface area contributed by atoms with E-state index in [1.807, 2.05) is 13.8 Å². The predicted octanol–water partition coefficient (Wildman–Crippen LogP) is 3.39. The second kappa shape index (κ2) is 8.42. The van der Waals surface area contributed by atoms with Crippen molar-refractivity contribution in [3.63, 3.8) is 0 Å². The van der Waals surface area contributed by atoms with Gasteiger partial charge in [-0.15, -0.1) is 0 Å². The van der Waals surface area contributed by atoms with Crippen LogP contribution in [-0.2, 0) is 19.1 Å². The van der Waals surface area contributed by atoms with Crippen LogP contribution >= 0.6 is 0 Å². The Morgan fingerprint density at radius 2 is 1.86 bits per heavy atom. The molecule has 1 N–H and O–H groups in total. The summed E-state index contributed by atoms with van der Waals surface area (Å²) >= 11 is 0. The lowest BCUT2D eigenvalue weighted by Crippen LogP contribution is -2.34. The van der Waals surface area contributed by atoms with E-state index in [4.69, 9.17) is 9.47 Å². The molecule has 1 aromatic carbocycles. The summed E-state index contributed by atoms with van der Waals surface area (Å²) in [5, 5.41) is 3.26. The van der Waals surface area contributed by atoms with E-state index in [-0.39, 0.29) is 5.78 Å². The largest absolute Gasteiger partial charge is 0.465 e. The van der Waals surface area contributed by atoms with E-state index in [2.05, 4.69) is 5.32 Å². The van der Waals surface area contributed by atoms with Crippen molar-refractivity contribution in [2.24, 2.45) is 0 Å². The Morgan fingerprint density at radius 3 is 2.50 bits per heavy atom. The van der Waals surface area contributed by atoms with E-state index in [1.54, 1.807) is 24.3 Å². The number of rotatable bonds is 5. The summed E-state index contributed by atoms with van der Waals surface area (Å²) in [5.74, 6) is -1.30. The first-order valence-electron chi connectivity index (χ1n) is 9.57. The first-order valence-corrected chi connectivity index (χ1v) is 9.57. The molecular weight excluding hydrogens is 358 g/mol. The zero-order valence-corrected chi connectivity index (χ0v) is 16.5. The summed E-state index contributed by atoms with van der Waals surface area (Å²) < 4.78 is 10.2. The van der Waals surface area contributed by atoms with E-state index in [0.29, 0.717) is 35.4 Å². The first kappa shape index (κ1) is 19.9. The maximum atomic E-state index is 12.8. The molecule has 1 atom stereocenters. The van der Waals surface area contributed by atoms with Gasteiger partial charge in [-0.1, -0.05) is 19.1 Å². The maximum absolute atomic E-state index is 12.8. The molecule has 3 rings (SSSR count). The number of esters is 2. The number of dihydropyridines is 1. The number of ether oxygens (including phenoxy) is 2. The number of carbonyl (C=O) groups excluding carboxylic acids is 3. The second-order valence-electron chi connectivity index (χ2n) is 7.02. The molecule has 0 unspecified atom stereocenters. The summed E-state index contributed by atoms with van der Waals surface area (Å²) in [7, 11) is 1.33. The van der Waals surface area contributed by atoms with Gasteiger partial charge in [-0.05, 0) is 43.9 Å². The number of hydrogen-bond acceptors (Lipinski definition) is 6. The monoisotopic (exact) mass is 383 g/mol. The van der Waals surface area contributed by atoms with Gasteiger partial charge in [0.2, 0.25) is 0 Å². The van der Waals surface area contributed by atoms with Gasteiger partial charge in [-0.25, -0.2) is 9.59 Å². The first-order chi connectivity index (χ1) is 13.5. The lowest BCUT2D eigenvalue weighted by Gasteiger charge is -2.34. The van der Waals surface area contributed by atoms with Crippen LogP contribution in [0.2, 0.25) is 0 Å². The van der Waals surface area contributed by atoms with Crippen molar-refractivity contribution in [3.8, 4) is 0 Å². The average molecular weight is 383 g/mol. The van der Waals surface area contributed by atoms with E-state index in [1.165, 1.54) is 7.11 Å². The lowest BCUT2D eigenvalue weighted by atomic mass is 9.75. The van der Waals surface area contributed by atoms with E-state index in [9.17, 15) is 14.4 Å². The van der Waals surface area contributed by atoms with E-state index < -0.39 is 17.9 Å². The van der Waals surface area contributed by atoms with Crippen LogP contribution < -0.4 is 5.32 Å². The Morgan fingerprint density at radius 1 is 1.14 bits per heavy atom. The molecule has 0 amide bonds. The molecule has 0 fully saturated rings. The van der Waals surface area contributed by atoms with Gasteiger partial charge in [0.05, 0.1) is 24.9 Å². The fraction of sp³-hybridized carbons (Fsp3) is 0.409. The van der Waals surface area contributed by atoms with Crippen molar-refractivity contribution >= 4 is 17.7 Å². The molecule has 0 saturated heterocycles. The Labute approximate surface area is 164 Å². The smallest absolute Gasteiger partial charge is 0.337 e. The summed E-state index contributed by atoms with van der Waals surface area (Å²) in [5.41, 5.74) is 3.86. The highest BCUT2D eigenvalue weighted by Crippen LogP contribution is 2.42. The lowest BCUT2D eigenvalue weighted by molar-refractivity contribution is -0.139. The van der Waals surface area contributed by atoms with Crippen LogP contribution in [0, 0.1) is 0 Å². The number of carbonyl (C=O) groups is 3. The number of nitrogens with one attached hydrogen (secondary N) is 1. The summed E-state index contributed by atoms with van der Waals surface area (Å²) in [6, 6.07) is 6.85. The Kier molecular flexibility index (Phi) is 5.97. The van der Waals surface area contributed by atoms with Gasteiger partial charge < -0.3 is 14.8 Å². The third-order valence-corrected chi connectivity index (χ3v) is 5.10. The molecule has 0 aromatic heterocycles. The van der Waals surface area contributed by atoms with Gasteiger partial charge in [0.25, 0.3) is 0 Å². The number of methoxy groups -OCH3 is 1. The van der Waals surface area contributed by atoms with Crippen LogP contribution in [0.1, 0.15) is 61.4 Å². The van der Waals surface area contributed by atoms with Crippen LogP contribution in [-0.4, -0.2) is 31.4 Å². The van der Waals surface area contributed by atoms with Crippen LogP contribution in [0.5, 0.6) is 0 Å². The number of allylic oxidation sites excluding steroid dienone is 3. The van der Waals surface area contributed by atoms with Crippen molar-refractivity contribution in [3.05, 3.63) is 57.9 Å². The minimum absolute atomic E-state index is 0.0454. The maximum Gasteiger partial charge on any atom is 0.337 e. The zero-order valence-electron chi connectivity index (χ0n) is 16.5. The molecular formula is C22H25NO5. The Hall–Kier alpha value is -2.89. The molecule has 6 heteroatoms. The van der Waals surface area contributed by atoms with Crippen LogP contribution in [0.3, 0.4) is 0 Å². The molecule has 1 aliphatic carbocycles. The molecule has 2 aliphatic rings. The third-order valence-electron chi connectivity index (χ3n) is 5.10. The van der Waals surface area contributed by atoms with Crippen LogP contribution in [0.15, 0.2) is 46.8 Å². The van der Waals surface area contributed by atoms with Gasteiger partial charge in [0.1, 0.15) is 0 Å². The van der Waals surface area contributed by atoms with Crippen LogP contribution in [0.4, 0.5) is 0 Å². The Balaban J connectivity index is 2.07. The third kappa shape index (κ3) is 3.72. The molecule has 6 nitrogen and oxygen atoms in total. The minimum Gasteiger partial charge on any atom is -0.465 e. The fourth-order valence-electron chi connectivity index (χ4n) is 3.79. The minimum atomic E-state index is -0.500. The Bertz CT molecular complexity index is 863. The summed E-state index contributed by atoms with van der Waals surface area (Å²) in [6.07, 6.45) is 2.75. The van der Waals surface area contributed by atoms with Crippen molar-refractivity contribution in [2.75, 3.05) is 13.7 Å². The van der Waals surface area contributed by atoms with E-state index in [0.717, 1.165) is 30.5 Å². The quantitative estimate of drug-likeness (QED) is 0.785. The molecule has 0 saturated carbocycles. The molecule has 1 aliphatic heterocycles. The zero-order chi connectivity index (χ0) is 20.3. The van der Waals surface area contributed by atoms with Crippen molar-refractivity contribution in [1.82, 2.24) is 5.32 Å². The molecule has 0 spiro atoms. The SMILES string of the molecule is CCCOC(=O)C1=C(C)NC2=C(C(=O)CCC2)[C@@H]1c1ccc(C(=O)OC)cc1.